The van der Waals surface area contributed by atoms with E-state index in [1.807, 2.05) is 25.7 Å². The Morgan fingerprint density at radius 1 is 1.22 bits per heavy atom. The van der Waals surface area contributed by atoms with Gasteiger partial charge < -0.3 is 15.5 Å². The number of likely N-dealkylation sites (tertiary alicyclic amines) is 1. The van der Waals surface area contributed by atoms with Crippen molar-refractivity contribution in [3.05, 3.63) is 0 Å². The molecule has 2 amide bonds. The lowest BCUT2D eigenvalue weighted by atomic mass is 9.90. The zero-order valence-electron chi connectivity index (χ0n) is 14.9. The van der Waals surface area contributed by atoms with E-state index in [0.29, 0.717) is 12.5 Å². The second kappa shape index (κ2) is 8.34. The van der Waals surface area contributed by atoms with Gasteiger partial charge in [0.25, 0.3) is 0 Å². The Balaban J connectivity index is 0.00000264. The van der Waals surface area contributed by atoms with Crippen LogP contribution >= 0.6 is 12.4 Å². The quantitative estimate of drug-likeness (QED) is 0.802. The molecule has 23 heavy (non-hydrogen) atoms. The molecular formula is C17H32ClN3O2. The summed E-state index contributed by atoms with van der Waals surface area (Å²) in [6, 6.07) is 0.266. The minimum absolute atomic E-state index is 0. The van der Waals surface area contributed by atoms with Crippen LogP contribution in [0.25, 0.3) is 0 Å². The Bertz CT molecular complexity index is 423. The maximum absolute atomic E-state index is 12.6. The number of carbonyl (C=O) groups is 2. The summed E-state index contributed by atoms with van der Waals surface area (Å²) >= 11 is 0. The highest BCUT2D eigenvalue weighted by Crippen LogP contribution is 2.24. The molecule has 2 saturated heterocycles. The molecule has 0 bridgehead atoms. The Labute approximate surface area is 146 Å². The second-order valence-corrected chi connectivity index (χ2v) is 7.93. The minimum Gasteiger partial charge on any atom is -0.353 e. The molecule has 0 aromatic rings. The Morgan fingerprint density at radius 2 is 1.91 bits per heavy atom. The van der Waals surface area contributed by atoms with Crippen LogP contribution in [0.3, 0.4) is 0 Å². The first-order chi connectivity index (χ1) is 10.3. The minimum atomic E-state index is -0.373. The van der Waals surface area contributed by atoms with Crippen LogP contribution in [0, 0.1) is 17.3 Å². The highest BCUT2D eigenvalue weighted by molar-refractivity contribution is 5.85. The van der Waals surface area contributed by atoms with E-state index in [1.54, 1.807) is 0 Å². The fraction of sp³-hybridized carbons (Fsp3) is 0.882. The Hall–Kier alpha value is -0.810. The fourth-order valence-corrected chi connectivity index (χ4v) is 3.38. The molecule has 0 aromatic heterocycles. The maximum Gasteiger partial charge on any atom is 0.227 e. The molecule has 5 nitrogen and oxygen atoms in total. The van der Waals surface area contributed by atoms with E-state index in [9.17, 15) is 9.59 Å². The third-order valence-corrected chi connectivity index (χ3v) is 4.83. The average molecular weight is 346 g/mol. The number of carbonyl (C=O) groups excluding carboxylic acids is 2. The number of nitrogens with one attached hydrogen (secondary N) is 2. The molecule has 0 spiro atoms. The molecule has 2 N–H and O–H groups in total. The highest BCUT2D eigenvalue weighted by atomic mass is 35.5. The van der Waals surface area contributed by atoms with Crippen LogP contribution < -0.4 is 10.6 Å². The van der Waals surface area contributed by atoms with Gasteiger partial charge in [-0.1, -0.05) is 27.7 Å². The molecule has 2 heterocycles. The summed E-state index contributed by atoms with van der Waals surface area (Å²) < 4.78 is 0. The number of hydrogen-bond donors (Lipinski definition) is 2. The number of piperidine rings is 2. The van der Waals surface area contributed by atoms with Gasteiger partial charge >= 0.3 is 0 Å². The molecule has 3 unspecified atom stereocenters. The van der Waals surface area contributed by atoms with E-state index in [4.69, 9.17) is 0 Å². The molecule has 0 saturated carbocycles. The SMILES string of the molecule is CC1CNCCC1NC(=O)C1CCCN(C(=O)C(C)(C)C)C1.Cl. The number of halogens is 1. The zero-order valence-corrected chi connectivity index (χ0v) is 15.7. The van der Waals surface area contributed by atoms with Crippen LogP contribution in [0.4, 0.5) is 0 Å². The Morgan fingerprint density at radius 3 is 2.52 bits per heavy atom. The summed E-state index contributed by atoms with van der Waals surface area (Å²) in [5.74, 6) is 0.695. The van der Waals surface area contributed by atoms with E-state index in [2.05, 4.69) is 17.6 Å². The summed E-state index contributed by atoms with van der Waals surface area (Å²) in [6.45, 7) is 11.3. The van der Waals surface area contributed by atoms with Gasteiger partial charge in [0.15, 0.2) is 0 Å². The fourth-order valence-electron chi connectivity index (χ4n) is 3.38. The molecule has 2 aliphatic rings. The third kappa shape index (κ3) is 5.35. The smallest absolute Gasteiger partial charge is 0.227 e. The van der Waals surface area contributed by atoms with Crippen molar-refractivity contribution in [1.82, 2.24) is 15.5 Å². The van der Waals surface area contributed by atoms with E-state index in [1.165, 1.54) is 0 Å². The van der Waals surface area contributed by atoms with Crippen molar-refractivity contribution in [3.8, 4) is 0 Å². The Kier molecular flexibility index (Phi) is 7.33. The normalized spacial score (nSPS) is 28.7. The first kappa shape index (κ1) is 20.2. The van der Waals surface area contributed by atoms with E-state index < -0.39 is 0 Å². The summed E-state index contributed by atoms with van der Waals surface area (Å²) in [7, 11) is 0. The van der Waals surface area contributed by atoms with Crippen molar-refractivity contribution in [2.24, 2.45) is 17.3 Å². The van der Waals surface area contributed by atoms with Gasteiger partial charge in [-0.15, -0.1) is 12.4 Å². The van der Waals surface area contributed by atoms with Crippen LogP contribution in [0.1, 0.15) is 47.0 Å². The highest BCUT2D eigenvalue weighted by Gasteiger charge is 2.34. The lowest BCUT2D eigenvalue weighted by Gasteiger charge is -2.37. The van der Waals surface area contributed by atoms with E-state index in [-0.39, 0.29) is 41.6 Å². The molecule has 2 fully saturated rings. The van der Waals surface area contributed by atoms with Gasteiger partial charge in [0, 0.05) is 24.5 Å². The van der Waals surface area contributed by atoms with Crippen molar-refractivity contribution < 1.29 is 9.59 Å². The van der Waals surface area contributed by atoms with Crippen molar-refractivity contribution in [2.45, 2.75) is 53.0 Å². The van der Waals surface area contributed by atoms with Crippen LogP contribution in [0.2, 0.25) is 0 Å². The van der Waals surface area contributed by atoms with Crippen LogP contribution in [0.5, 0.6) is 0 Å². The topological polar surface area (TPSA) is 61.4 Å². The molecule has 0 aromatic carbocycles. The van der Waals surface area contributed by atoms with Crippen LogP contribution in [-0.2, 0) is 9.59 Å². The molecule has 0 radical (unpaired) electrons. The molecular weight excluding hydrogens is 314 g/mol. The molecule has 2 aliphatic heterocycles. The average Bonchev–Trinajstić information content (AvgIpc) is 2.48. The van der Waals surface area contributed by atoms with Crippen molar-refractivity contribution in [3.63, 3.8) is 0 Å². The molecule has 134 valence electrons. The summed E-state index contributed by atoms with van der Waals surface area (Å²) in [5, 5.41) is 6.57. The molecule has 6 heteroatoms. The maximum atomic E-state index is 12.6. The van der Waals surface area contributed by atoms with Crippen molar-refractivity contribution >= 4 is 24.2 Å². The van der Waals surface area contributed by atoms with Gasteiger partial charge in [0.05, 0.1) is 5.92 Å². The number of amides is 2. The lowest BCUT2D eigenvalue weighted by Crippen LogP contribution is -2.53. The van der Waals surface area contributed by atoms with Crippen molar-refractivity contribution in [1.29, 1.82) is 0 Å². The molecule has 2 rings (SSSR count). The van der Waals surface area contributed by atoms with Gasteiger partial charge in [-0.05, 0) is 38.3 Å². The third-order valence-electron chi connectivity index (χ3n) is 4.83. The van der Waals surface area contributed by atoms with Crippen LogP contribution in [-0.4, -0.2) is 48.9 Å². The summed E-state index contributed by atoms with van der Waals surface area (Å²) in [5.41, 5.74) is -0.373. The molecule has 0 aliphatic carbocycles. The number of nitrogens with zero attached hydrogens (tertiary/aromatic N) is 1. The van der Waals surface area contributed by atoms with E-state index in [0.717, 1.165) is 38.9 Å². The number of hydrogen-bond acceptors (Lipinski definition) is 3. The van der Waals surface area contributed by atoms with E-state index >= 15 is 0 Å². The lowest BCUT2D eigenvalue weighted by molar-refractivity contribution is -0.143. The zero-order chi connectivity index (χ0) is 16.3. The number of rotatable bonds is 2. The molecule has 3 atom stereocenters. The van der Waals surface area contributed by atoms with Gasteiger partial charge in [-0.3, -0.25) is 9.59 Å². The first-order valence-corrected chi connectivity index (χ1v) is 8.59. The van der Waals surface area contributed by atoms with Crippen LogP contribution in [0.15, 0.2) is 0 Å². The largest absolute Gasteiger partial charge is 0.353 e. The van der Waals surface area contributed by atoms with Gasteiger partial charge in [-0.25, -0.2) is 0 Å². The first-order valence-electron chi connectivity index (χ1n) is 8.59. The standard InChI is InChI=1S/C17H31N3O2.ClH/c1-12-10-18-8-7-14(12)19-15(21)13-6-5-9-20(11-13)16(22)17(2,3)4;/h12-14,18H,5-11H2,1-4H3,(H,19,21);1H. The predicted octanol–water partition coefficient (Wildman–Crippen LogP) is 1.81. The van der Waals surface area contributed by atoms with Crippen molar-refractivity contribution in [2.75, 3.05) is 26.2 Å². The van der Waals surface area contributed by atoms with Gasteiger partial charge in [0.2, 0.25) is 11.8 Å². The monoisotopic (exact) mass is 345 g/mol. The van der Waals surface area contributed by atoms with Gasteiger partial charge in [-0.2, -0.15) is 0 Å². The predicted molar refractivity (Wildman–Crippen MR) is 94.6 cm³/mol. The van der Waals surface area contributed by atoms with Gasteiger partial charge in [0.1, 0.15) is 0 Å². The summed E-state index contributed by atoms with van der Waals surface area (Å²) in [6.07, 6.45) is 2.80. The summed E-state index contributed by atoms with van der Waals surface area (Å²) in [4.78, 5) is 26.9. The second-order valence-electron chi connectivity index (χ2n) is 7.93.